The van der Waals surface area contributed by atoms with Crippen LogP contribution in [-0.4, -0.2) is 13.1 Å². The number of aryl methyl sites for hydroxylation is 1. The molecule has 0 radical (unpaired) electrons. The molecule has 0 aromatic heterocycles. The molecule has 0 amide bonds. The Labute approximate surface area is 90.7 Å². The standard InChI is InChI=1S/C13H18FN/c1-10-8-13(14)5-4-12(10)6-7-15-9-11-2-3-11/h4-5,8,11,15H,2-3,6-7,9H2,1H3. The highest BCUT2D eigenvalue weighted by atomic mass is 19.1. The summed E-state index contributed by atoms with van der Waals surface area (Å²) in [5, 5.41) is 3.44. The summed E-state index contributed by atoms with van der Waals surface area (Å²) in [6, 6.07) is 5.04. The van der Waals surface area contributed by atoms with Gasteiger partial charge < -0.3 is 5.32 Å². The Kier molecular flexibility index (Phi) is 3.37. The van der Waals surface area contributed by atoms with Gasteiger partial charge in [-0.15, -0.1) is 0 Å². The van der Waals surface area contributed by atoms with E-state index in [2.05, 4.69) is 5.32 Å². The summed E-state index contributed by atoms with van der Waals surface area (Å²) in [4.78, 5) is 0. The molecule has 0 saturated heterocycles. The van der Waals surface area contributed by atoms with Crippen LogP contribution in [0.25, 0.3) is 0 Å². The maximum atomic E-state index is 12.8. The summed E-state index contributed by atoms with van der Waals surface area (Å²) >= 11 is 0. The molecule has 0 unspecified atom stereocenters. The normalized spacial score (nSPS) is 15.6. The Morgan fingerprint density at radius 1 is 1.40 bits per heavy atom. The van der Waals surface area contributed by atoms with Crippen LogP contribution in [0.3, 0.4) is 0 Å². The molecule has 2 heteroatoms. The summed E-state index contributed by atoms with van der Waals surface area (Å²) in [7, 11) is 0. The maximum Gasteiger partial charge on any atom is 0.123 e. The molecule has 0 heterocycles. The van der Waals surface area contributed by atoms with Crippen LogP contribution in [0.2, 0.25) is 0 Å². The van der Waals surface area contributed by atoms with Gasteiger partial charge in [0.05, 0.1) is 0 Å². The van der Waals surface area contributed by atoms with Gasteiger partial charge >= 0.3 is 0 Å². The van der Waals surface area contributed by atoms with E-state index in [4.69, 9.17) is 0 Å². The van der Waals surface area contributed by atoms with Crippen molar-refractivity contribution in [2.45, 2.75) is 26.2 Å². The molecule has 1 aromatic carbocycles. The maximum absolute atomic E-state index is 12.8. The van der Waals surface area contributed by atoms with Crippen molar-refractivity contribution in [3.8, 4) is 0 Å². The van der Waals surface area contributed by atoms with Crippen LogP contribution in [0.4, 0.5) is 4.39 Å². The lowest BCUT2D eigenvalue weighted by Crippen LogP contribution is -2.20. The molecule has 82 valence electrons. The minimum atomic E-state index is -0.137. The average Bonchev–Trinajstić information content (AvgIpc) is 2.99. The lowest BCUT2D eigenvalue weighted by Gasteiger charge is -2.06. The fraction of sp³-hybridized carbons (Fsp3) is 0.538. The lowest BCUT2D eigenvalue weighted by atomic mass is 10.1. The fourth-order valence-corrected chi connectivity index (χ4v) is 1.79. The van der Waals surface area contributed by atoms with Crippen LogP contribution in [-0.2, 0) is 6.42 Å². The van der Waals surface area contributed by atoms with Crippen molar-refractivity contribution >= 4 is 0 Å². The zero-order valence-corrected chi connectivity index (χ0v) is 9.22. The first-order valence-electron chi connectivity index (χ1n) is 5.71. The van der Waals surface area contributed by atoms with Crippen molar-refractivity contribution in [2.24, 2.45) is 5.92 Å². The third-order valence-electron chi connectivity index (χ3n) is 3.01. The SMILES string of the molecule is Cc1cc(F)ccc1CCNCC1CC1. The molecule has 0 bridgehead atoms. The first kappa shape index (κ1) is 10.6. The van der Waals surface area contributed by atoms with Crippen molar-refractivity contribution in [1.29, 1.82) is 0 Å². The number of hydrogen-bond acceptors (Lipinski definition) is 1. The molecule has 1 aliphatic carbocycles. The van der Waals surface area contributed by atoms with Gasteiger partial charge in [-0.1, -0.05) is 6.07 Å². The van der Waals surface area contributed by atoms with Crippen molar-refractivity contribution in [3.05, 3.63) is 35.1 Å². The lowest BCUT2D eigenvalue weighted by molar-refractivity contribution is 0.621. The number of nitrogens with one attached hydrogen (secondary N) is 1. The van der Waals surface area contributed by atoms with E-state index in [1.807, 2.05) is 13.0 Å². The summed E-state index contributed by atoms with van der Waals surface area (Å²) in [6.45, 7) is 4.13. The average molecular weight is 207 g/mol. The molecular weight excluding hydrogens is 189 g/mol. The molecule has 1 N–H and O–H groups in total. The van der Waals surface area contributed by atoms with E-state index in [-0.39, 0.29) is 5.82 Å². The molecule has 15 heavy (non-hydrogen) atoms. The minimum Gasteiger partial charge on any atom is -0.316 e. The van der Waals surface area contributed by atoms with Crippen LogP contribution >= 0.6 is 0 Å². The summed E-state index contributed by atoms with van der Waals surface area (Å²) in [5.41, 5.74) is 2.31. The van der Waals surface area contributed by atoms with E-state index in [0.29, 0.717) is 0 Å². The van der Waals surface area contributed by atoms with Crippen molar-refractivity contribution < 1.29 is 4.39 Å². The molecular formula is C13H18FN. The highest BCUT2D eigenvalue weighted by Crippen LogP contribution is 2.27. The number of hydrogen-bond donors (Lipinski definition) is 1. The zero-order chi connectivity index (χ0) is 10.7. The van der Waals surface area contributed by atoms with Gasteiger partial charge in [-0.05, 0) is 68.5 Å². The largest absolute Gasteiger partial charge is 0.316 e. The van der Waals surface area contributed by atoms with Crippen LogP contribution in [0.15, 0.2) is 18.2 Å². The minimum absolute atomic E-state index is 0.137. The predicted octanol–water partition coefficient (Wildman–Crippen LogP) is 2.68. The van der Waals surface area contributed by atoms with Gasteiger partial charge in [0, 0.05) is 0 Å². The number of halogens is 1. The molecule has 2 rings (SSSR count). The van der Waals surface area contributed by atoms with Gasteiger partial charge in [0.25, 0.3) is 0 Å². The Hall–Kier alpha value is -0.890. The molecule has 1 aliphatic rings. The van der Waals surface area contributed by atoms with Crippen LogP contribution in [0.5, 0.6) is 0 Å². The van der Waals surface area contributed by atoms with Gasteiger partial charge in [0.2, 0.25) is 0 Å². The summed E-state index contributed by atoms with van der Waals surface area (Å²) in [6.07, 6.45) is 3.78. The van der Waals surface area contributed by atoms with E-state index in [1.54, 1.807) is 12.1 Å². The number of benzene rings is 1. The third-order valence-corrected chi connectivity index (χ3v) is 3.01. The van der Waals surface area contributed by atoms with E-state index in [9.17, 15) is 4.39 Å². The van der Waals surface area contributed by atoms with Crippen LogP contribution < -0.4 is 5.32 Å². The molecule has 1 fully saturated rings. The van der Waals surface area contributed by atoms with E-state index >= 15 is 0 Å². The van der Waals surface area contributed by atoms with Gasteiger partial charge in [-0.3, -0.25) is 0 Å². The zero-order valence-electron chi connectivity index (χ0n) is 9.22. The second kappa shape index (κ2) is 4.75. The second-order valence-corrected chi connectivity index (χ2v) is 4.47. The highest BCUT2D eigenvalue weighted by Gasteiger charge is 2.19. The van der Waals surface area contributed by atoms with Gasteiger partial charge in [-0.25, -0.2) is 4.39 Å². The Balaban J connectivity index is 1.76. The third kappa shape index (κ3) is 3.31. The van der Waals surface area contributed by atoms with Crippen molar-refractivity contribution in [3.63, 3.8) is 0 Å². The van der Waals surface area contributed by atoms with Gasteiger partial charge in [0.1, 0.15) is 5.82 Å². The Morgan fingerprint density at radius 3 is 2.87 bits per heavy atom. The topological polar surface area (TPSA) is 12.0 Å². The monoisotopic (exact) mass is 207 g/mol. The van der Waals surface area contributed by atoms with Gasteiger partial charge in [-0.2, -0.15) is 0 Å². The Bertz CT molecular complexity index is 331. The first-order chi connectivity index (χ1) is 7.25. The van der Waals surface area contributed by atoms with Crippen LogP contribution in [0.1, 0.15) is 24.0 Å². The first-order valence-corrected chi connectivity index (χ1v) is 5.71. The highest BCUT2D eigenvalue weighted by molar-refractivity contribution is 5.26. The molecule has 1 nitrogen and oxygen atoms in total. The van der Waals surface area contributed by atoms with E-state index < -0.39 is 0 Å². The smallest absolute Gasteiger partial charge is 0.123 e. The molecule has 0 atom stereocenters. The molecule has 1 aromatic rings. The van der Waals surface area contributed by atoms with Gasteiger partial charge in [0.15, 0.2) is 0 Å². The van der Waals surface area contributed by atoms with Crippen molar-refractivity contribution in [1.82, 2.24) is 5.32 Å². The summed E-state index contributed by atoms with van der Waals surface area (Å²) in [5.74, 6) is 0.793. The van der Waals surface area contributed by atoms with Crippen molar-refractivity contribution in [2.75, 3.05) is 13.1 Å². The fourth-order valence-electron chi connectivity index (χ4n) is 1.79. The van der Waals surface area contributed by atoms with E-state index in [1.165, 1.54) is 18.4 Å². The van der Waals surface area contributed by atoms with Crippen LogP contribution in [0, 0.1) is 18.7 Å². The van der Waals surface area contributed by atoms with E-state index in [0.717, 1.165) is 31.0 Å². The second-order valence-electron chi connectivity index (χ2n) is 4.47. The quantitative estimate of drug-likeness (QED) is 0.732. The molecule has 0 aliphatic heterocycles. The predicted molar refractivity (Wildman–Crippen MR) is 60.4 cm³/mol. The summed E-state index contributed by atoms with van der Waals surface area (Å²) < 4.78 is 12.8. The molecule has 0 spiro atoms. The number of rotatable bonds is 5. The Morgan fingerprint density at radius 2 is 2.20 bits per heavy atom. The molecule has 1 saturated carbocycles.